The SMILES string of the molecule is COC(=O)C(C)CN(C)c1ncc(F)cn1. The molecule has 1 rings (SSSR count). The van der Waals surface area contributed by atoms with Crippen molar-refractivity contribution in [1.29, 1.82) is 0 Å². The van der Waals surface area contributed by atoms with Crippen LogP contribution in [0.5, 0.6) is 0 Å². The molecule has 1 aromatic heterocycles. The van der Waals surface area contributed by atoms with Gasteiger partial charge >= 0.3 is 5.97 Å². The number of aromatic nitrogens is 2. The third-order valence-electron chi connectivity index (χ3n) is 2.10. The molecule has 0 amide bonds. The van der Waals surface area contributed by atoms with Crippen molar-refractivity contribution in [2.45, 2.75) is 6.92 Å². The second-order valence-corrected chi connectivity index (χ2v) is 3.51. The van der Waals surface area contributed by atoms with E-state index in [0.717, 1.165) is 12.4 Å². The van der Waals surface area contributed by atoms with Gasteiger partial charge < -0.3 is 9.64 Å². The molecule has 0 fully saturated rings. The van der Waals surface area contributed by atoms with Crippen LogP contribution in [0, 0.1) is 11.7 Å². The van der Waals surface area contributed by atoms with Gasteiger partial charge in [-0.15, -0.1) is 0 Å². The van der Waals surface area contributed by atoms with Crippen LogP contribution in [0.2, 0.25) is 0 Å². The first kappa shape index (κ1) is 12.4. The summed E-state index contributed by atoms with van der Waals surface area (Å²) < 4.78 is 17.2. The first-order chi connectivity index (χ1) is 7.54. The predicted octanol–water partition coefficient (Wildman–Crippen LogP) is 0.861. The Hall–Kier alpha value is -1.72. The van der Waals surface area contributed by atoms with Gasteiger partial charge in [-0.05, 0) is 0 Å². The fourth-order valence-electron chi connectivity index (χ4n) is 1.27. The van der Waals surface area contributed by atoms with E-state index in [2.05, 4.69) is 14.7 Å². The van der Waals surface area contributed by atoms with E-state index in [1.54, 1.807) is 18.9 Å². The number of hydrogen-bond acceptors (Lipinski definition) is 5. The highest BCUT2D eigenvalue weighted by atomic mass is 19.1. The van der Waals surface area contributed by atoms with Gasteiger partial charge in [-0.3, -0.25) is 4.79 Å². The van der Waals surface area contributed by atoms with Gasteiger partial charge in [0.2, 0.25) is 5.95 Å². The summed E-state index contributed by atoms with van der Waals surface area (Å²) in [6, 6.07) is 0. The average molecular weight is 227 g/mol. The van der Waals surface area contributed by atoms with E-state index < -0.39 is 5.82 Å². The van der Waals surface area contributed by atoms with E-state index in [1.807, 2.05) is 0 Å². The molecule has 0 saturated heterocycles. The average Bonchev–Trinajstić information content (AvgIpc) is 2.28. The Morgan fingerprint density at radius 2 is 2.12 bits per heavy atom. The van der Waals surface area contributed by atoms with Crippen molar-refractivity contribution < 1.29 is 13.9 Å². The van der Waals surface area contributed by atoms with Crippen molar-refractivity contribution in [2.75, 3.05) is 25.6 Å². The molecular weight excluding hydrogens is 213 g/mol. The van der Waals surface area contributed by atoms with Crippen LogP contribution in [-0.4, -0.2) is 36.6 Å². The van der Waals surface area contributed by atoms with Crippen molar-refractivity contribution in [1.82, 2.24) is 9.97 Å². The first-order valence-electron chi connectivity index (χ1n) is 4.81. The Labute approximate surface area is 93.3 Å². The third-order valence-corrected chi connectivity index (χ3v) is 2.10. The summed E-state index contributed by atoms with van der Waals surface area (Å²) in [6.45, 7) is 2.16. The number of carbonyl (C=O) groups excluding carboxylic acids is 1. The maximum absolute atomic E-state index is 12.6. The Morgan fingerprint density at radius 3 is 2.62 bits per heavy atom. The molecule has 0 aliphatic rings. The summed E-state index contributed by atoms with van der Waals surface area (Å²) in [5.74, 6) is -0.701. The topological polar surface area (TPSA) is 55.3 Å². The molecule has 0 N–H and O–H groups in total. The van der Waals surface area contributed by atoms with Gasteiger partial charge in [0, 0.05) is 13.6 Å². The highest BCUT2D eigenvalue weighted by molar-refractivity contribution is 5.72. The highest BCUT2D eigenvalue weighted by Crippen LogP contribution is 2.08. The molecule has 1 atom stereocenters. The van der Waals surface area contributed by atoms with Gasteiger partial charge in [0.1, 0.15) is 0 Å². The van der Waals surface area contributed by atoms with Gasteiger partial charge in [-0.25, -0.2) is 14.4 Å². The molecule has 0 radical (unpaired) electrons. The van der Waals surface area contributed by atoms with Crippen LogP contribution in [0.3, 0.4) is 0 Å². The molecule has 1 heterocycles. The third kappa shape index (κ3) is 3.15. The number of carbonyl (C=O) groups is 1. The molecule has 0 spiro atoms. The van der Waals surface area contributed by atoms with E-state index in [9.17, 15) is 9.18 Å². The molecule has 5 nitrogen and oxygen atoms in total. The summed E-state index contributed by atoms with van der Waals surface area (Å²) in [5.41, 5.74) is 0. The zero-order valence-electron chi connectivity index (χ0n) is 9.48. The number of anilines is 1. The number of methoxy groups -OCH3 is 1. The Balaban J connectivity index is 2.61. The highest BCUT2D eigenvalue weighted by Gasteiger charge is 2.16. The van der Waals surface area contributed by atoms with Crippen LogP contribution in [0.25, 0.3) is 0 Å². The zero-order valence-corrected chi connectivity index (χ0v) is 9.48. The molecule has 6 heteroatoms. The van der Waals surface area contributed by atoms with Gasteiger partial charge in [-0.2, -0.15) is 0 Å². The molecule has 0 aromatic carbocycles. The summed E-state index contributed by atoms with van der Waals surface area (Å²) in [7, 11) is 3.07. The minimum absolute atomic E-state index is 0.288. The maximum Gasteiger partial charge on any atom is 0.310 e. The van der Waals surface area contributed by atoms with Crippen LogP contribution in [-0.2, 0) is 9.53 Å². The van der Waals surface area contributed by atoms with Gasteiger partial charge in [0.25, 0.3) is 0 Å². The van der Waals surface area contributed by atoms with Gasteiger partial charge in [-0.1, -0.05) is 6.92 Å². The number of nitrogens with zero attached hydrogens (tertiary/aromatic N) is 3. The lowest BCUT2D eigenvalue weighted by atomic mass is 10.2. The molecule has 16 heavy (non-hydrogen) atoms. The quantitative estimate of drug-likeness (QED) is 0.714. The lowest BCUT2D eigenvalue weighted by Crippen LogP contribution is -2.30. The molecule has 88 valence electrons. The number of ether oxygens (including phenoxy) is 1. The van der Waals surface area contributed by atoms with Crippen molar-refractivity contribution in [2.24, 2.45) is 5.92 Å². The molecule has 0 bridgehead atoms. The van der Waals surface area contributed by atoms with Crippen LogP contribution in [0.4, 0.5) is 10.3 Å². The smallest absolute Gasteiger partial charge is 0.310 e. The predicted molar refractivity (Wildman–Crippen MR) is 56.4 cm³/mol. The molecular formula is C10H14FN3O2. The Bertz CT molecular complexity index is 356. The van der Waals surface area contributed by atoms with E-state index in [4.69, 9.17) is 0 Å². The van der Waals surface area contributed by atoms with Crippen LogP contribution < -0.4 is 4.90 Å². The largest absolute Gasteiger partial charge is 0.469 e. The number of hydrogen-bond donors (Lipinski definition) is 0. The summed E-state index contributed by atoms with van der Waals surface area (Å²) in [5, 5.41) is 0. The normalized spacial score (nSPS) is 12.0. The maximum atomic E-state index is 12.6. The first-order valence-corrected chi connectivity index (χ1v) is 4.81. The number of halogens is 1. The second-order valence-electron chi connectivity index (χ2n) is 3.51. The van der Waals surface area contributed by atoms with Crippen molar-refractivity contribution in [3.05, 3.63) is 18.2 Å². The zero-order chi connectivity index (χ0) is 12.1. The number of esters is 1. The van der Waals surface area contributed by atoms with Crippen LogP contribution in [0.1, 0.15) is 6.92 Å². The number of rotatable bonds is 4. The summed E-state index contributed by atoms with van der Waals surface area (Å²) >= 11 is 0. The van der Waals surface area contributed by atoms with E-state index in [-0.39, 0.29) is 11.9 Å². The standard InChI is InChI=1S/C10H14FN3O2/c1-7(9(15)16-3)6-14(2)10-12-4-8(11)5-13-10/h4-5,7H,6H2,1-3H3. The van der Waals surface area contributed by atoms with Crippen molar-refractivity contribution in [3.63, 3.8) is 0 Å². The lowest BCUT2D eigenvalue weighted by molar-refractivity contribution is -0.144. The van der Waals surface area contributed by atoms with E-state index >= 15 is 0 Å². The Kier molecular flexibility index (Phi) is 4.16. The van der Waals surface area contributed by atoms with E-state index in [0.29, 0.717) is 12.5 Å². The minimum atomic E-state index is -0.488. The van der Waals surface area contributed by atoms with Crippen LogP contribution in [0.15, 0.2) is 12.4 Å². The summed E-state index contributed by atoms with van der Waals surface area (Å²) in [6.07, 6.45) is 2.17. The fraction of sp³-hybridized carbons (Fsp3) is 0.500. The van der Waals surface area contributed by atoms with Crippen LogP contribution >= 0.6 is 0 Å². The molecule has 1 unspecified atom stereocenters. The van der Waals surface area contributed by atoms with Crippen molar-refractivity contribution in [3.8, 4) is 0 Å². The molecule has 0 saturated carbocycles. The molecule has 0 aliphatic carbocycles. The lowest BCUT2D eigenvalue weighted by Gasteiger charge is -2.19. The van der Waals surface area contributed by atoms with Gasteiger partial charge in [0.15, 0.2) is 5.82 Å². The Morgan fingerprint density at radius 1 is 1.56 bits per heavy atom. The van der Waals surface area contributed by atoms with Crippen molar-refractivity contribution >= 4 is 11.9 Å². The van der Waals surface area contributed by atoms with E-state index in [1.165, 1.54) is 7.11 Å². The van der Waals surface area contributed by atoms with Gasteiger partial charge in [0.05, 0.1) is 25.4 Å². The summed E-state index contributed by atoms with van der Waals surface area (Å²) in [4.78, 5) is 20.5. The second kappa shape index (κ2) is 5.39. The monoisotopic (exact) mass is 227 g/mol. The molecule has 0 aliphatic heterocycles. The molecule has 1 aromatic rings. The fourth-order valence-corrected chi connectivity index (χ4v) is 1.27. The minimum Gasteiger partial charge on any atom is -0.469 e.